The van der Waals surface area contributed by atoms with Crippen molar-refractivity contribution in [2.45, 2.75) is 44.9 Å². The average Bonchev–Trinajstić information content (AvgIpc) is 2.91. The summed E-state index contributed by atoms with van der Waals surface area (Å²) in [6.07, 6.45) is -0.257. The lowest BCUT2D eigenvalue weighted by atomic mass is 9.52. The molecule has 41 heavy (non-hydrogen) atoms. The molecule has 2 aromatic rings. The van der Waals surface area contributed by atoms with Gasteiger partial charge in [-0.2, -0.15) is 0 Å². The number of rotatable bonds is 6. The van der Waals surface area contributed by atoms with Gasteiger partial charge in [-0.1, -0.05) is 26.0 Å². The minimum Gasteiger partial charge on any atom is -0.507 e. The van der Waals surface area contributed by atoms with Gasteiger partial charge in [-0.05, 0) is 57.6 Å². The minimum atomic E-state index is -2.82. The number of benzene rings is 2. The lowest BCUT2D eigenvalue weighted by molar-refractivity contribution is -0.181. The van der Waals surface area contributed by atoms with Gasteiger partial charge in [-0.3, -0.25) is 33.8 Å². The average molecular weight is 568 g/mol. The van der Waals surface area contributed by atoms with Crippen molar-refractivity contribution in [1.29, 1.82) is 0 Å². The maximum absolute atomic E-state index is 16.0. The first-order valence-corrected chi connectivity index (χ1v) is 13.8. The van der Waals surface area contributed by atoms with Gasteiger partial charge in [0, 0.05) is 28.8 Å². The first-order chi connectivity index (χ1) is 19.3. The van der Waals surface area contributed by atoms with Crippen LogP contribution in [-0.4, -0.2) is 87.9 Å². The lowest BCUT2D eigenvalue weighted by Crippen LogP contribution is -2.74. The van der Waals surface area contributed by atoms with Crippen LogP contribution in [-0.2, 0) is 32.1 Å². The van der Waals surface area contributed by atoms with Gasteiger partial charge in [0.2, 0.25) is 5.91 Å². The van der Waals surface area contributed by atoms with Gasteiger partial charge in [-0.25, -0.2) is 4.39 Å². The standard InChI is InChI=1S/C30H34FN3O7/c1-5-34(6-2)12-13-7-8-15-16(9-13)24(35)20-17(22(15)31)10-14-11-18-23(33(3)4)26(37)21(29(32)40)28(39)30(18,41)27(38)19(14)25(20)36/h7-9,14,18-19,21,23,35,41H,5-6,10-12H2,1-4H3,(H2,32,40)/t14-,18-,19?,21?,23-,30-/m0/s1. The highest BCUT2D eigenvalue weighted by atomic mass is 19.1. The number of aromatic hydroxyl groups is 1. The Bertz CT molecular complexity index is 1520. The fourth-order valence-electron chi connectivity index (χ4n) is 7.27. The van der Waals surface area contributed by atoms with Gasteiger partial charge in [0.1, 0.15) is 11.6 Å². The minimum absolute atomic E-state index is 0.0409. The monoisotopic (exact) mass is 567 g/mol. The number of primary amides is 1. The number of hydrogen-bond acceptors (Lipinski definition) is 9. The molecule has 2 unspecified atom stereocenters. The Morgan fingerprint density at radius 3 is 2.34 bits per heavy atom. The number of hydrogen-bond donors (Lipinski definition) is 3. The first kappa shape index (κ1) is 29.0. The lowest BCUT2D eigenvalue weighted by Gasteiger charge is -2.52. The third-order valence-corrected chi connectivity index (χ3v) is 9.33. The Morgan fingerprint density at radius 1 is 1.10 bits per heavy atom. The zero-order chi connectivity index (χ0) is 30.1. The molecular formula is C30H34FN3O7. The van der Waals surface area contributed by atoms with E-state index < -0.39 is 75.9 Å². The van der Waals surface area contributed by atoms with Crippen LogP contribution in [0.3, 0.4) is 0 Å². The molecule has 0 bridgehead atoms. The highest BCUT2D eigenvalue weighted by molar-refractivity contribution is 6.32. The number of carbonyl (C=O) groups is 5. The summed E-state index contributed by atoms with van der Waals surface area (Å²) in [6.45, 7) is 6.12. The summed E-state index contributed by atoms with van der Waals surface area (Å²) in [6, 6.07) is 3.74. The fourth-order valence-corrected chi connectivity index (χ4v) is 7.27. The Labute approximate surface area is 236 Å². The van der Waals surface area contributed by atoms with E-state index in [4.69, 9.17) is 5.73 Å². The molecule has 0 saturated heterocycles. The molecule has 5 rings (SSSR count). The maximum atomic E-state index is 16.0. The molecule has 0 heterocycles. The number of phenols is 1. The van der Waals surface area contributed by atoms with E-state index in [-0.39, 0.29) is 34.7 Å². The highest BCUT2D eigenvalue weighted by Crippen LogP contribution is 2.52. The predicted molar refractivity (Wildman–Crippen MR) is 145 cm³/mol. The quantitative estimate of drug-likeness (QED) is 0.433. The van der Waals surface area contributed by atoms with Crippen LogP contribution >= 0.6 is 0 Å². The van der Waals surface area contributed by atoms with Gasteiger partial charge < -0.3 is 15.9 Å². The van der Waals surface area contributed by atoms with E-state index >= 15 is 4.39 Å². The molecule has 2 fully saturated rings. The van der Waals surface area contributed by atoms with Gasteiger partial charge in [-0.15, -0.1) is 0 Å². The number of aliphatic hydroxyl groups is 1. The van der Waals surface area contributed by atoms with E-state index in [0.717, 1.165) is 18.7 Å². The van der Waals surface area contributed by atoms with Crippen molar-refractivity contribution in [2.24, 2.45) is 29.4 Å². The highest BCUT2D eigenvalue weighted by Gasteiger charge is 2.69. The molecule has 3 aliphatic rings. The zero-order valence-electron chi connectivity index (χ0n) is 23.4. The third kappa shape index (κ3) is 4.04. The maximum Gasteiger partial charge on any atom is 0.235 e. The number of nitrogens with two attached hydrogens (primary N) is 1. The molecule has 2 aromatic carbocycles. The number of phenolic OH excluding ortho intramolecular Hbond substituents is 1. The molecule has 0 aromatic heterocycles. The van der Waals surface area contributed by atoms with Crippen LogP contribution in [0.15, 0.2) is 18.2 Å². The summed E-state index contributed by atoms with van der Waals surface area (Å²) < 4.78 is 16.0. The number of carbonyl (C=O) groups excluding carboxylic acids is 5. The second kappa shape index (κ2) is 10.1. The van der Waals surface area contributed by atoms with E-state index in [9.17, 15) is 34.2 Å². The smallest absolute Gasteiger partial charge is 0.235 e. The van der Waals surface area contributed by atoms with Crippen molar-refractivity contribution in [1.82, 2.24) is 9.80 Å². The van der Waals surface area contributed by atoms with Crippen molar-refractivity contribution in [2.75, 3.05) is 27.2 Å². The second-order valence-corrected chi connectivity index (χ2v) is 11.6. The summed E-state index contributed by atoms with van der Waals surface area (Å²) in [5, 5.41) is 23.2. The van der Waals surface area contributed by atoms with Crippen molar-refractivity contribution in [3.05, 3.63) is 40.7 Å². The van der Waals surface area contributed by atoms with E-state index in [2.05, 4.69) is 4.90 Å². The van der Waals surface area contributed by atoms with Crippen LogP contribution in [0.5, 0.6) is 5.75 Å². The van der Waals surface area contributed by atoms with Crippen LogP contribution in [0.4, 0.5) is 4.39 Å². The van der Waals surface area contributed by atoms with E-state index in [1.54, 1.807) is 18.2 Å². The zero-order valence-corrected chi connectivity index (χ0v) is 23.4. The largest absolute Gasteiger partial charge is 0.507 e. The van der Waals surface area contributed by atoms with Gasteiger partial charge in [0.25, 0.3) is 0 Å². The molecule has 2 saturated carbocycles. The molecule has 1 amide bonds. The third-order valence-electron chi connectivity index (χ3n) is 9.33. The normalized spacial score (nSPS) is 29.6. The summed E-state index contributed by atoms with van der Waals surface area (Å²) in [5.74, 6) is -12.4. The number of likely N-dealkylation sites (N-methyl/N-ethyl adjacent to an activating group) is 1. The van der Waals surface area contributed by atoms with Crippen LogP contribution in [0.1, 0.15) is 41.8 Å². The van der Waals surface area contributed by atoms with Crippen LogP contribution in [0.25, 0.3) is 10.8 Å². The van der Waals surface area contributed by atoms with Crippen molar-refractivity contribution < 1.29 is 38.6 Å². The molecule has 4 N–H and O–H groups in total. The topological polar surface area (TPSA) is 158 Å². The van der Waals surface area contributed by atoms with Crippen LogP contribution in [0, 0.1) is 29.5 Å². The molecule has 218 valence electrons. The molecule has 0 aliphatic heterocycles. The van der Waals surface area contributed by atoms with Crippen molar-refractivity contribution in [3.8, 4) is 5.75 Å². The Balaban J connectivity index is 1.64. The van der Waals surface area contributed by atoms with E-state index in [1.165, 1.54) is 19.0 Å². The van der Waals surface area contributed by atoms with Crippen LogP contribution in [0.2, 0.25) is 0 Å². The fraction of sp³-hybridized carbons (Fsp3) is 0.500. The number of halogens is 1. The van der Waals surface area contributed by atoms with Gasteiger partial charge in [0.15, 0.2) is 34.7 Å². The second-order valence-electron chi connectivity index (χ2n) is 11.6. The Kier molecular flexibility index (Phi) is 7.12. The Hall–Kier alpha value is -3.54. The molecule has 0 radical (unpaired) electrons. The summed E-state index contributed by atoms with van der Waals surface area (Å²) in [5.41, 5.74) is 2.93. The Morgan fingerprint density at radius 2 is 1.76 bits per heavy atom. The molecule has 11 heteroatoms. The number of nitrogens with zero attached hydrogens (tertiary/aromatic N) is 2. The summed E-state index contributed by atoms with van der Waals surface area (Å²) in [4.78, 5) is 70.0. The first-order valence-electron chi connectivity index (χ1n) is 13.8. The molecular weight excluding hydrogens is 533 g/mol. The van der Waals surface area contributed by atoms with E-state index in [0.29, 0.717) is 6.54 Å². The molecule has 0 spiro atoms. The molecule has 6 atom stereocenters. The van der Waals surface area contributed by atoms with Crippen molar-refractivity contribution in [3.63, 3.8) is 0 Å². The number of ketones is 4. The predicted octanol–water partition coefficient (Wildman–Crippen LogP) is 1.00. The summed E-state index contributed by atoms with van der Waals surface area (Å²) in [7, 11) is 3.01. The number of Topliss-reactive ketones (excluding diaryl/α,β-unsaturated/α-hetero) is 4. The van der Waals surface area contributed by atoms with E-state index in [1.807, 2.05) is 13.8 Å². The molecule has 3 aliphatic carbocycles. The number of fused-ring (bicyclic) bond motifs is 4. The van der Waals surface area contributed by atoms with Crippen LogP contribution < -0.4 is 5.73 Å². The SMILES string of the molecule is CCN(CC)Cc1ccc2c(F)c3c(c(O)c2c1)C(=O)C1C(=O)[C@]2(O)C(=O)C(C(N)=O)C(=O)[C@@H](N(C)C)[C@@H]2C[C@@H]1C3. The van der Waals surface area contributed by atoms with Crippen molar-refractivity contribution >= 4 is 39.8 Å². The number of amides is 1. The van der Waals surface area contributed by atoms with Gasteiger partial charge in [0.05, 0.1) is 17.5 Å². The summed E-state index contributed by atoms with van der Waals surface area (Å²) >= 11 is 0. The van der Waals surface area contributed by atoms with Gasteiger partial charge >= 0.3 is 0 Å². The molecule has 10 nitrogen and oxygen atoms in total.